The van der Waals surface area contributed by atoms with E-state index in [-0.39, 0.29) is 28.8 Å². The van der Waals surface area contributed by atoms with Gasteiger partial charge in [-0.25, -0.2) is 14.8 Å². The van der Waals surface area contributed by atoms with Gasteiger partial charge >= 0.3 is 5.97 Å². The molecule has 2 aromatic carbocycles. The molecule has 0 radical (unpaired) electrons. The highest BCUT2D eigenvalue weighted by atomic mass is 32.2. The normalized spacial score (nSPS) is 12.0. The Morgan fingerprint density at radius 3 is 2.52 bits per heavy atom. The Balaban J connectivity index is 1.64. The Hall–Kier alpha value is -3.45. The highest BCUT2D eigenvalue weighted by Gasteiger charge is 2.23. The van der Waals surface area contributed by atoms with Crippen LogP contribution in [-0.2, 0) is 0 Å². The minimum atomic E-state index is -0.991. The molecule has 2 aromatic heterocycles. The number of H-pyrrole nitrogens is 1. The first-order valence-electron chi connectivity index (χ1n) is 8.99. The van der Waals surface area contributed by atoms with E-state index >= 15 is 0 Å². The van der Waals surface area contributed by atoms with Crippen molar-refractivity contribution in [3.05, 3.63) is 89.9 Å². The van der Waals surface area contributed by atoms with Crippen LogP contribution in [0.5, 0.6) is 0 Å². The molecule has 0 saturated carbocycles. The van der Waals surface area contributed by atoms with Crippen molar-refractivity contribution in [3.8, 4) is 0 Å². The molecule has 0 fully saturated rings. The molecule has 4 rings (SSSR count). The number of nitrogens with zero attached hydrogens (tertiary/aromatic N) is 2. The van der Waals surface area contributed by atoms with Crippen molar-refractivity contribution in [3.63, 3.8) is 0 Å². The Morgan fingerprint density at radius 1 is 1.00 bits per heavy atom. The van der Waals surface area contributed by atoms with E-state index in [2.05, 4.69) is 15.0 Å². The number of carbonyl (C=O) groups is 2. The molecule has 29 heavy (non-hydrogen) atoms. The second-order valence-corrected chi connectivity index (χ2v) is 7.65. The third-order valence-electron chi connectivity index (χ3n) is 4.45. The van der Waals surface area contributed by atoms with Gasteiger partial charge in [-0.1, -0.05) is 42.5 Å². The Bertz CT molecular complexity index is 1140. The number of pyridine rings is 1. The number of rotatable bonds is 7. The maximum atomic E-state index is 13.0. The van der Waals surface area contributed by atoms with Gasteiger partial charge in [-0.3, -0.25) is 4.79 Å². The van der Waals surface area contributed by atoms with Crippen molar-refractivity contribution in [1.82, 2.24) is 15.0 Å². The van der Waals surface area contributed by atoms with Gasteiger partial charge in [0.25, 0.3) is 0 Å². The van der Waals surface area contributed by atoms with Gasteiger partial charge in [0.1, 0.15) is 0 Å². The number of aromatic carboxylic acids is 1. The lowest BCUT2D eigenvalue weighted by molar-refractivity contribution is 0.0693. The second kappa shape index (κ2) is 8.28. The number of aromatic nitrogens is 3. The van der Waals surface area contributed by atoms with Gasteiger partial charge < -0.3 is 10.1 Å². The smallest absolute Gasteiger partial charge is 0.336 e. The Morgan fingerprint density at radius 2 is 1.76 bits per heavy atom. The summed E-state index contributed by atoms with van der Waals surface area (Å²) >= 11 is 1.37. The number of fused-ring (bicyclic) bond motifs is 1. The number of carbonyl (C=O) groups excluding carboxylic acids is 1. The van der Waals surface area contributed by atoms with Gasteiger partial charge in [0, 0.05) is 22.8 Å². The maximum absolute atomic E-state index is 13.0. The van der Waals surface area contributed by atoms with E-state index in [0.29, 0.717) is 16.1 Å². The molecule has 1 unspecified atom stereocenters. The summed E-state index contributed by atoms with van der Waals surface area (Å²) in [7, 11) is 0. The minimum Gasteiger partial charge on any atom is -0.478 e. The molecule has 0 saturated heterocycles. The van der Waals surface area contributed by atoms with Gasteiger partial charge in [0.2, 0.25) is 0 Å². The fraction of sp³-hybridized carbons (Fsp3) is 0.0909. The summed E-state index contributed by atoms with van der Waals surface area (Å²) in [5.41, 5.74) is 2.37. The Labute approximate surface area is 171 Å². The molecule has 0 aliphatic heterocycles. The molecule has 0 aliphatic rings. The number of nitrogens with one attached hydrogen (secondary N) is 1. The number of Topliss-reactive ketones (excluding diaryl/α,β-unsaturated/α-hetero) is 1. The second-order valence-electron chi connectivity index (χ2n) is 6.41. The van der Waals surface area contributed by atoms with Gasteiger partial charge in [-0.15, -0.1) is 11.8 Å². The minimum absolute atomic E-state index is 0.155. The monoisotopic (exact) mass is 403 g/mol. The molecule has 1 atom stereocenters. The third kappa shape index (κ3) is 4.20. The molecule has 2 heterocycles. The fourth-order valence-electron chi connectivity index (χ4n) is 3.04. The zero-order chi connectivity index (χ0) is 20.2. The van der Waals surface area contributed by atoms with Crippen LogP contribution in [0.1, 0.15) is 38.2 Å². The topological polar surface area (TPSA) is 95.9 Å². The van der Waals surface area contributed by atoms with Gasteiger partial charge in [0.05, 0.1) is 11.1 Å². The standard InChI is InChI=1S/C22H17N3O3S/c26-17(21-24-16-10-6-12-23-20(16)25-21)13-19(14-7-2-1-3-8-14)29-18-11-5-4-9-15(18)22(27)28/h1-12,19H,13H2,(H,27,28)(H,23,24,25). The zero-order valence-corrected chi connectivity index (χ0v) is 16.1. The highest BCUT2D eigenvalue weighted by molar-refractivity contribution is 7.99. The lowest BCUT2D eigenvalue weighted by atomic mass is 10.1. The molecule has 7 heteroatoms. The summed E-state index contributed by atoms with van der Waals surface area (Å²) in [5, 5.41) is 9.23. The van der Waals surface area contributed by atoms with E-state index < -0.39 is 5.97 Å². The molecular formula is C22H17N3O3S. The van der Waals surface area contributed by atoms with Crippen molar-refractivity contribution >= 4 is 34.7 Å². The van der Waals surface area contributed by atoms with Crippen LogP contribution in [0.4, 0.5) is 0 Å². The summed E-state index contributed by atoms with van der Waals surface area (Å²) in [6.45, 7) is 0. The van der Waals surface area contributed by atoms with Crippen molar-refractivity contribution < 1.29 is 14.7 Å². The highest BCUT2D eigenvalue weighted by Crippen LogP contribution is 2.40. The molecule has 6 nitrogen and oxygen atoms in total. The third-order valence-corrected chi connectivity index (χ3v) is 5.78. The van der Waals surface area contributed by atoms with E-state index in [0.717, 1.165) is 5.56 Å². The number of carboxylic acids is 1. The summed E-state index contributed by atoms with van der Waals surface area (Å²) in [6, 6.07) is 20.0. The predicted molar refractivity (Wildman–Crippen MR) is 111 cm³/mol. The van der Waals surface area contributed by atoms with Crippen LogP contribution in [0, 0.1) is 0 Å². The number of ketones is 1. The number of carboxylic acid groups (broad SMARTS) is 1. The average molecular weight is 403 g/mol. The SMILES string of the molecule is O=C(CC(Sc1ccccc1C(=O)O)c1ccccc1)c1nc2ncccc2[nH]1. The number of thioether (sulfide) groups is 1. The molecular weight excluding hydrogens is 386 g/mol. The summed E-state index contributed by atoms with van der Waals surface area (Å²) < 4.78 is 0. The molecule has 0 aliphatic carbocycles. The van der Waals surface area contributed by atoms with Crippen LogP contribution in [0.2, 0.25) is 0 Å². The van der Waals surface area contributed by atoms with Gasteiger partial charge in [-0.2, -0.15) is 0 Å². The molecule has 0 amide bonds. The predicted octanol–water partition coefficient (Wildman–Crippen LogP) is 4.76. The molecule has 0 bridgehead atoms. The largest absolute Gasteiger partial charge is 0.478 e. The van der Waals surface area contributed by atoms with Crippen molar-refractivity contribution in [1.29, 1.82) is 0 Å². The van der Waals surface area contributed by atoms with E-state index in [1.165, 1.54) is 11.8 Å². The summed E-state index contributed by atoms with van der Waals surface area (Å²) in [4.78, 5) is 36.6. The molecule has 2 N–H and O–H groups in total. The van der Waals surface area contributed by atoms with Crippen LogP contribution >= 0.6 is 11.8 Å². The average Bonchev–Trinajstić information content (AvgIpc) is 3.18. The van der Waals surface area contributed by atoms with Crippen LogP contribution < -0.4 is 0 Å². The van der Waals surface area contributed by atoms with Crippen LogP contribution in [-0.4, -0.2) is 31.8 Å². The number of imidazole rings is 1. The lowest BCUT2D eigenvalue weighted by Crippen LogP contribution is -2.08. The van der Waals surface area contributed by atoms with Gasteiger partial charge in [0.15, 0.2) is 17.3 Å². The summed E-state index contributed by atoms with van der Waals surface area (Å²) in [6.07, 6.45) is 1.80. The van der Waals surface area contributed by atoms with E-state index in [1.54, 1.807) is 36.5 Å². The van der Waals surface area contributed by atoms with E-state index in [4.69, 9.17) is 0 Å². The van der Waals surface area contributed by atoms with E-state index in [9.17, 15) is 14.7 Å². The summed E-state index contributed by atoms with van der Waals surface area (Å²) in [5.74, 6) is -0.890. The number of hydrogen-bond donors (Lipinski definition) is 2. The van der Waals surface area contributed by atoms with Crippen LogP contribution in [0.3, 0.4) is 0 Å². The maximum Gasteiger partial charge on any atom is 0.336 e. The molecule has 144 valence electrons. The Kier molecular flexibility index (Phi) is 5.39. The molecule has 0 spiro atoms. The lowest BCUT2D eigenvalue weighted by Gasteiger charge is -2.17. The fourth-order valence-corrected chi connectivity index (χ4v) is 4.31. The number of aromatic amines is 1. The van der Waals surface area contributed by atoms with Crippen molar-refractivity contribution in [2.24, 2.45) is 0 Å². The van der Waals surface area contributed by atoms with Crippen LogP contribution in [0.25, 0.3) is 11.2 Å². The van der Waals surface area contributed by atoms with Crippen LogP contribution in [0.15, 0.2) is 77.8 Å². The number of benzene rings is 2. The first kappa shape index (κ1) is 18.9. The zero-order valence-electron chi connectivity index (χ0n) is 15.3. The van der Waals surface area contributed by atoms with Crippen molar-refractivity contribution in [2.45, 2.75) is 16.6 Å². The first-order chi connectivity index (χ1) is 14.1. The number of hydrogen-bond acceptors (Lipinski definition) is 5. The van der Waals surface area contributed by atoms with E-state index in [1.807, 2.05) is 36.4 Å². The van der Waals surface area contributed by atoms with Crippen molar-refractivity contribution in [2.75, 3.05) is 0 Å². The van der Waals surface area contributed by atoms with Gasteiger partial charge in [-0.05, 0) is 29.8 Å². The molecule has 4 aromatic rings. The quantitative estimate of drug-likeness (QED) is 0.341. The first-order valence-corrected chi connectivity index (χ1v) is 9.87.